The SMILES string of the molecule is CC1CCCC(C)N1C(=O)CSCc1nc2sc3c(c2c(=O)[nH]1)CCC3. The van der Waals surface area contributed by atoms with Crippen LogP contribution in [0, 0.1) is 0 Å². The van der Waals surface area contributed by atoms with E-state index in [2.05, 4.69) is 23.8 Å². The third-order valence-electron chi connectivity index (χ3n) is 5.57. The first-order valence-corrected chi connectivity index (χ1v) is 11.4. The van der Waals surface area contributed by atoms with Gasteiger partial charge in [-0.15, -0.1) is 23.1 Å². The van der Waals surface area contributed by atoms with E-state index in [0.717, 1.165) is 42.3 Å². The zero-order chi connectivity index (χ0) is 18.3. The highest BCUT2D eigenvalue weighted by atomic mass is 32.2. The molecule has 1 aliphatic heterocycles. The quantitative estimate of drug-likeness (QED) is 0.866. The fraction of sp³-hybridized carbons (Fsp3) is 0.632. The molecular weight excluding hydrogens is 366 g/mol. The van der Waals surface area contributed by atoms with Crippen LogP contribution < -0.4 is 5.56 Å². The predicted molar refractivity (Wildman–Crippen MR) is 108 cm³/mol. The summed E-state index contributed by atoms with van der Waals surface area (Å²) in [7, 11) is 0. The van der Waals surface area contributed by atoms with Crippen molar-refractivity contribution in [3.8, 4) is 0 Å². The molecule has 2 aromatic heterocycles. The first kappa shape index (κ1) is 18.0. The Morgan fingerprint density at radius 1 is 1.27 bits per heavy atom. The van der Waals surface area contributed by atoms with Crippen LogP contribution in [0.1, 0.15) is 55.8 Å². The summed E-state index contributed by atoms with van der Waals surface area (Å²) in [5, 5.41) is 0.795. The average molecular weight is 392 g/mol. The standard InChI is InChI=1S/C19H25N3O2S2/c1-11-5-3-6-12(2)22(11)16(23)10-25-9-15-20-18(24)17-13-7-4-8-14(13)26-19(17)21-15/h11-12H,3-10H2,1-2H3,(H,20,21,24). The van der Waals surface area contributed by atoms with Gasteiger partial charge in [0.1, 0.15) is 10.7 Å². The molecule has 0 bridgehead atoms. The van der Waals surface area contributed by atoms with Crippen molar-refractivity contribution >= 4 is 39.2 Å². The number of rotatable bonds is 4. The number of piperidine rings is 1. The second-order valence-electron chi connectivity index (χ2n) is 7.47. The molecule has 140 valence electrons. The summed E-state index contributed by atoms with van der Waals surface area (Å²) in [5.74, 6) is 1.89. The van der Waals surface area contributed by atoms with Gasteiger partial charge in [-0.3, -0.25) is 9.59 Å². The van der Waals surface area contributed by atoms with Gasteiger partial charge in [-0.25, -0.2) is 4.98 Å². The van der Waals surface area contributed by atoms with Gasteiger partial charge in [-0.05, 0) is 57.9 Å². The van der Waals surface area contributed by atoms with Crippen molar-refractivity contribution in [1.29, 1.82) is 0 Å². The molecule has 1 saturated heterocycles. The smallest absolute Gasteiger partial charge is 0.259 e. The summed E-state index contributed by atoms with van der Waals surface area (Å²) in [6.45, 7) is 4.28. The Morgan fingerprint density at radius 2 is 2.04 bits per heavy atom. The van der Waals surface area contributed by atoms with E-state index >= 15 is 0 Å². The lowest BCUT2D eigenvalue weighted by Crippen LogP contribution is -2.48. The number of thiophene rings is 1. The molecule has 1 fully saturated rings. The van der Waals surface area contributed by atoms with Crippen LogP contribution in [0.2, 0.25) is 0 Å². The molecule has 7 heteroatoms. The Hall–Kier alpha value is -1.34. The number of hydrogen-bond acceptors (Lipinski definition) is 5. The first-order chi connectivity index (χ1) is 12.5. The lowest BCUT2D eigenvalue weighted by molar-refractivity contribution is -0.134. The van der Waals surface area contributed by atoms with Gasteiger partial charge in [0, 0.05) is 17.0 Å². The number of aromatic amines is 1. The third-order valence-corrected chi connectivity index (χ3v) is 7.68. The van der Waals surface area contributed by atoms with E-state index in [1.165, 1.54) is 16.9 Å². The summed E-state index contributed by atoms with van der Waals surface area (Å²) >= 11 is 3.20. The predicted octanol–water partition coefficient (Wildman–Crippen LogP) is 3.50. The van der Waals surface area contributed by atoms with E-state index in [9.17, 15) is 9.59 Å². The summed E-state index contributed by atoms with van der Waals surface area (Å²) in [4.78, 5) is 36.9. The topological polar surface area (TPSA) is 66.1 Å². The maximum absolute atomic E-state index is 12.6. The van der Waals surface area contributed by atoms with Crippen molar-refractivity contribution in [3.05, 3.63) is 26.6 Å². The number of aryl methyl sites for hydroxylation is 2. The minimum atomic E-state index is -0.0189. The van der Waals surface area contributed by atoms with Gasteiger partial charge in [0.2, 0.25) is 5.91 Å². The number of thioether (sulfide) groups is 1. The highest BCUT2D eigenvalue weighted by Gasteiger charge is 2.28. The molecule has 0 aromatic carbocycles. The van der Waals surface area contributed by atoms with Crippen molar-refractivity contribution in [3.63, 3.8) is 0 Å². The Morgan fingerprint density at radius 3 is 2.81 bits per heavy atom. The number of H-pyrrole nitrogens is 1. The minimum Gasteiger partial charge on any atom is -0.337 e. The summed E-state index contributed by atoms with van der Waals surface area (Å²) in [5.41, 5.74) is 1.19. The van der Waals surface area contributed by atoms with Crippen molar-refractivity contribution in [2.75, 3.05) is 5.75 Å². The zero-order valence-corrected chi connectivity index (χ0v) is 17.0. The van der Waals surface area contributed by atoms with E-state index in [1.54, 1.807) is 23.1 Å². The number of nitrogens with zero attached hydrogens (tertiary/aromatic N) is 2. The maximum Gasteiger partial charge on any atom is 0.259 e. The van der Waals surface area contributed by atoms with Crippen LogP contribution in [0.5, 0.6) is 0 Å². The molecule has 3 heterocycles. The minimum absolute atomic E-state index is 0.0189. The summed E-state index contributed by atoms with van der Waals surface area (Å²) < 4.78 is 0. The maximum atomic E-state index is 12.6. The van der Waals surface area contributed by atoms with Crippen LogP contribution in [0.15, 0.2) is 4.79 Å². The fourth-order valence-electron chi connectivity index (χ4n) is 4.34. The molecule has 2 unspecified atom stereocenters. The van der Waals surface area contributed by atoms with Gasteiger partial charge in [-0.1, -0.05) is 0 Å². The molecule has 5 nitrogen and oxygen atoms in total. The van der Waals surface area contributed by atoms with Gasteiger partial charge in [-0.2, -0.15) is 0 Å². The number of nitrogens with one attached hydrogen (secondary N) is 1. The number of aromatic nitrogens is 2. The van der Waals surface area contributed by atoms with Crippen LogP contribution in [-0.2, 0) is 23.4 Å². The number of likely N-dealkylation sites (tertiary alicyclic amines) is 1. The second-order valence-corrected chi connectivity index (χ2v) is 9.54. The number of hydrogen-bond donors (Lipinski definition) is 1. The second kappa shape index (κ2) is 7.35. The summed E-state index contributed by atoms with van der Waals surface area (Å²) in [6, 6.07) is 0.657. The molecule has 1 N–H and O–H groups in total. The zero-order valence-electron chi connectivity index (χ0n) is 15.3. The van der Waals surface area contributed by atoms with Gasteiger partial charge in [0.15, 0.2) is 0 Å². The van der Waals surface area contributed by atoms with Crippen LogP contribution in [-0.4, -0.2) is 38.6 Å². The van der Waals surface area contributed by atoms with E-state index in [4.69, 9.17) is 0 Å². The first-order valence-electron chi connectivity index (χ1n) is 9.47. The molecule has 0 spiro atoms. The van der Waals surface area contributed by atoms with Crippen molar-refractivity contribution < 1.29 is 4.79 Å². The third kappa shape index (κ3) is 3.31. The molecule has 26 heavy (non-hydrogen) atoms. The number of carbonyl (C=O) groups excluding carboxylic acids is 1. The Balaban J connectivity index is 1.42. The molecule has 2 atom stereocenters. The highest BCUT2D eigenvalue weighted by molar-refractivity contribution is 7.99. The highest BCUT2D eigenvalue weighted by Crippen LogP contribution is 2.34. The fourth-order valence-corrected chi connectivity index (χ4v) is 6.37. The van der Waals surface area contributed by atoms with Crippen LogP contribution in [0.25, 0.3) is 10.2 Å². The molecule has 1 aliphatic carbocycles. The largest absolute Gasteiger partial charge is 0.337 e. The number of carbonyl (C=O) groups is 1. The molecule has 0 saturated carbocycles. The number of fused-ring (bicyclic) bond motifs is 3. The lowest BCUT2D eigenvalue weighted by atomic mass is 9.98. The van der Waals surface area contributed by atoms with Gasteiger partial charge in [0.05, 0.1) is 16.9 Å². The Bertz CT molecular complexity index is 879. The molecule has 2 aromatic rings. The molecule has 4 rings (SSSR count). The molecule has 2 aliphatic rings. The van der Waals surface area contributed by atoms with Crippen molar-refractivity contribution in [2.45, 2.75) is 70.2 Å². The van der Waals surface area contributed by atoms with E-state index in [-0.39, 0.29) is 11.5 Å². The van der Waals surface area contributed by atoms with Crippen molar-refractivity contribution in [1.82, 2.24) is 14.9 Å². The summed E-state index contributed by atoms with van der Waals surface area (Å²) in [6.07, 6.45) is 6.60. The lowest BCUT2D eigenvalue weighted by Gasteiger charge is -2.39. The average Bonchev–Trinajstić information content (AvgIpc) is 3.15. The Labute approximate surface area is 161 Å². The van der Waals surface area contributed by atoms with E-state index in [0.29, 0.717) is 29.4 Å². The molecule has 0 radical (unpaired) electrons. The van der Waals surface area contributed by atoms with Crippen LogP contribution in [0.4, 0.5) is 0 Å². The van der Waals surface area contributed by atoms with E-state index < -0.39 is 0 Å². The van der Waals surface area contributed by atoms with Gasteiger partial charge >= 0.3 is 0 Å². The molecule has 1 amide bonds. The molecular formula is C19H25N3O2S2. The normalized spacial score (nSPS) is 22.8. The number of amides is 1. The Kier molecular flexibility index (Phi) is 5.10. The van der Waals surface area contributed by atoms with Crippen molar-refractivity contribution in [2.24, 2.45) is 0 Å². The van der Waals surface area contributed by atoms with E-state index in [1.807, 2.05) is 4.90 Å². The van der Waals surface area contributed by atoms with Crippen LogP contribution in [0.3, 0.4) is 0 Å². The monoisotopic (exact) mass is 391 g/mol. The van der Waals surface area contributed by atoms with Gasteiger partial charge < -0.3 is 9.88 Å². The van der Waals surface area contributed by atoms with Crippen LogP contribution >= 0.6 is 23.1 Å². The van der Waals surface area contributed by atoms with Gasteiger partial charge in [0.25, 0.3) is 5.56 Å².